The molecule has 0 atom stereocenters. The number of alkyl halides is 3. The number of halogens is 3. The average Bonchev–Trinajstić information content (AvgIpc) is 3.73. The van der Waals surface area contributed by atoms with E-state index in [-0.39, 0.29) is 25.7 Å². The van der Waals surface area contributed by atoms with Crippen molar-refractivity contribution in [2.45, 2.75) is 13.0 Å². The van der Waals surface area contributed by atoms with Crippen molar-refractivity contribution in [2.24, 2.45) is 0 Å². The number of para-hydroxylation sites is 2. The second-order valence-electron chi connectivity index (χ2n) is 10.7. The fourth-order valence-electron chi connectivity index (χ4n) is 5.31. The largest absolute Gasteiger partial charge is 0.557 e. The SMILES string of the molecule is FC(F)(F)c1ccc2o[c-]c(-c3nc4ccccc4n3-c3ccc(-c4ccccc4)cc3)c2c1.[2H]C([2H])([2H])c1ccc(-c2[c-]cccc2)nc1.[Ir]. The van der Waals surface area contributed by atoms with Crippen molar-refractivity contribution in [3.63, 3.8) is 0 Å². The van der Waals surface area contributed by atoms with E-state index in [1.165, 1.54) is 12.3 Å². The molecule has 0 saturated carbocycles. The molecule has 0 aliphatic carbocycles. The summed E-state index contributed by atoms with van der Waals surface area (Å²) in [7, 11) is 0. The summed E-state index contributed by atoms with van der Waals surface area (Å²) in [5.74, 6) is 0.465. The predicted octanol–water partition coefficient (Wildman–Crippen LogP) is 10.8. The predicted molar refractivity (Wildman–Crippen MR) is 179 cm³/mol. The molecule has 8 aromatic rings. The number of nitrogens with zero attached hydrogens (tertiary/aromatic N) is 3. The maximum absolute atomic E-state index is 13.4. The Bertz CT molecular complexity index is 2390. The molecule has 48 heavy (non-hydrogen) atoms. The van der Waals surface area contributed by atoms with Crippen LogP contribution in [0.25, 0.3) is 61.5 Å². The molecule has 8 rings (SSSR count). The van der Waals surface area contributed by atoms with Crippen LogP contribution in [0.3, 0.4) is 0 Å². The first-order valence-corrected chi connectivity index (χ1v) is 14.6. The van der Waals surface area contributed by atoms with Crippen molar-refractivity contribution in [1.29, 1.82) is 0 Å². The molecule has 3 heterocycles. The average molecular weight is 817 g/mol. The number of rotatable bonds is 4. The summed E-state index contributed by atoms with van der Waals surface area (Å²) in [4.78, 5) is 8.87. The standard InChI is InChI=1S/C28H16F3N2O.C12H10N.Ir/c29-28(30,31)20-12-15-26-22(16-20)23(17-34-26)27-32-24-8-4-5-9-25(24)33(27)21-13-10-19(11-14-21)18-6-2-1-3-7-18;1-10-7-8-12(13-9-10)11-5-3-2-4-6-11;/h1-16H;2-5,7-9H,1H3;/q2*-1;/i;1D3;. The van der Waals surface area contributed by atoms with Gasteiger partial charge in [0, 0.05) is 53.5 Å². The second kappa shape index (κ2) is 13.8. The fourth-order valence-corrected chi connectivity index (χ4v) is 5.31. The van der Waals surface area contributed by atoms with Gasteiger partial charge in [-0.1, -0.05) is 95.9 Å². The minimum Gasteiger partial charge on any atom is -0.557 e. The number of imidazole rings is 1. The maximum Gasteiger partial charge on any atom is 0.415 e. The van der Waals surface area contributed by atoms with Crippen LogP contribution in [0.15, 0.2) is 144 Å². The van der Waals surface area contributed by atoms with Crippen LogP contribution in [0.4, 0.5) is 13.2 Å². The van der Waals surface area contributed by atoms with E-state index in [2.05, 4.69) is 17.3 Å². The van der Waals surface area contributed by atoms with Crippen LogP contribution in [0, 0.1) is 19.2 Å². The monoisotopic (exact) mass is 817 g/mol. The Hall–Kier alpha value is -5.30. The van der Waals surface area contributed by atoms with Gasteiger partial charge in [-0.15, -0.1) is 35.9 Å². The molecule has 0 bridgehead atoms. The molecule has 0 saturated heterocycles. The minimum absolute atomic E-state index is 0. The third kappa shape index (κ3) is 6.72. The number of pyridine rings is 1. The van der Waals surface area contributed by atoms with E-state index in [1.54, 1.807) is 18.2 Å². The van der Waals surface area contributed by atoms with Crippen LogP contribution >= 0.6 is 0 Å². The topological polar surface area (TPSA) is 43.9 Å². The van der Waals surface area contributed by atoms with E-state index < -0.39 is 18.6 Å². The van der Waals surface area contributed by atoms with Gasteiger partial charge in [-0.3, -0.25) is 4.98 Å². The van der Waals surface area contributed by atoms with Crippen LogP contribution in [-0.4, -0.2) is 14.5 Å². The quantitative estimate of drug-likeness (QED) is 0.166. The van der Waals surface area contributed by atoms with Crippen LogP contribution in [0.1, 0.15) is 15.2 Å². The molecule has 5 aromatic carbocycles. The van der Waals surface area contributed by atoms with Gasteiger partial charge in [0.25, 0.3) is 0 Å². The van der Waals surface area contributed by atoms with E-state index in [9.17, 15) is 13.2 Å². The van der Waals surface area contributed by atoms with Crippen molar-refractivity contribution in [1.82, 2.24) is 14.5 Å². The molecule has 0 aliphatic rings. The Labute approximate surface area is 293 Å². The third-order valence-electron chi connectivity index (χ3n) is 7.60. The Morgan fingerprint density at radius 1 is 0.792 bits per heavy atom. The maximum atomic E-state index is 13.4. The molecular weight excluding hydrogens is 788 g/mol. The zero-order chi connectivity index (χ0) is 34.9. The van der Waals surface area contributed by atoms with Crippen molar-refractivity contribution in [3.05, 3.63) is 163 Å². The number of hydrogen-bond acceptors (Lipinski definition) is 3. The number of aromatic nitrogens is 3. The van der Waals surface area contributed by atoms with E-state index in [0.29, 0.717) is 22.4 Å². The van der Waals surface area contributed by atoms with Gasteiger partial charge in [0.15, 0.2) is 0 Å². The molecule has 0 N–H and O–H groups in total. The summed E-state index contributed by atoms with van der Waals surface area (Å²) < 4.78 is 69.3. The van der Waals surface area contributed by atoms with E-state index in [0.717, 1.165) is 51.2 Å². The van der Waals surface area contributed by atoms with Gasteiger partial charge in [-0.25, -0.2) is 0 Å². The number of hydrogen-bond donors (Lipinski definition) is 0. The first-order chi connectivity index (χ1) is 24.1. The number of fused-ring (bicyclic) bond motifs is 2. The summed E-state index contributed by atoms with van der Waals surface area (Å²) in [6.45, 7) is -2.09. The van der Waals surface area contributed by atoms with Crippen LogP contribution in [0.2, 0.25) is 0 Å². The molecule has 0 fully saturated rings. The molecule has 4 nitrogen and oxygen atoms in total. The Morgan fingerprint density at radius 3 is 2.25 bits per heavy atom. The van der Waals surface area contributed by atoms with Crippen LogP contribution in [-0.2, 0) is 26.3 Å². The first kappa shape index (κ1) is 28.9. The van der Waals surface area contributed by atoms with Gasteiger partial charge in [0.1, 0.15) is 0 Å². The number of furan rings is 1. The summed E-state index contributed by atoms with van der Waals surface area (Å²) in [5.41, 5.74) is 6.35. The van der Waals surface area contributed by atoms with Gasteiger partial charge in [-0.05, 0) is 53.5 Å². The summed E-state index contributed by atoms with van der Waals surface area (Å²) >= 11 is 0. The van der Waals surface area contributed by atoms with Gasteiger partial charge in [0.05, 0.1) is 16.9 Å². The molecule has 8 heteroatoms. The normalized spacial score (nSPS) is 12.4. The molecule has 0 aliphatic heterocycles. The van der Waals surface area contributed by atoms with Crippen LogP contribution < -0.4 is 0 Å². The fraction of sp³-hybridized carbons (Fsp3) is 0.0500. The molecule has 239 valence electrons. The van der Waals surface area contributed by atoms with E-state index in [4.69, 9.17) is 13.5 Å². The molecule has 0 spiro atoms. The van der Waals surface area contributed by atoms with Gasteiger partial charge in [0.2, 0.25) is 0 Å². The Kier molecular flexibility index (Phi) is 8.32. The molecule has 3 aromatic heterocycles. The Morgan fingerprint density at radius 2 is 1.54 bits per heavy atom. The van der Waals surface area contributed by atoms with Crippen molar-refractivity contribution < 1.29 is 41.8 Å². The molecule has 0 amide bonds. The van der Waals surface area contributed by atoms with E-state index in [1.807, 2.05) is 102 Å². The second-order valence-corrected chi connectivity index (χ2v) is 10.7. The van der Waals surface area contributed by atoms with Gasteiger partial charge >= 0.3 is 6.18 Å². The Balaban J connectivity index is 0.000000222. The number of aryl methyl sites for hydroxylation is 1. The summed E-state index contributed by atoms with van der Waals surface area (Å²) in [6.07, 6.45) is -0.279. The van der Waals surface area contributed by atoms with Crippen molar-refractivity contribution >= 4 is 22.0 Å². The summed E-state index contributed by atoms with van der Waals surface area (Å²) in [6, 6.07) is 42.8. The summed E-state index contributed by atoms with van der Waals surface area (Å²) in [5, 5.41) is 0.312. The smallest absolute Gasteiger partial charge is 0.415 e. The van der Waals surface area contributed by atoms with Crippen LogP contribution in [0.5, 0.6) is 0 Å². The van der Waals surface area contributed by atoms with Crippen molar-refractivity contribution in [3.8, 4) is 39.5 Å². The van der Waals surface area contributed by atoms with Gasteiger partial charge in [-0.2, -0.15) is 13.2 Å². The third-order valence-corrected chi connectivity index (χ3v) is 7.60. The van der Waals surface area contributed by atoms with Gasteiger partial charge < -0.3 is 14.0 Å². The number of benzene rings is 5. The molecular formula is C40H26F3IrN3O-2. The minimum atomic E-state index is -4.46. The zero-order valence-corrected chi connectivity index (χ0v) is 27.4. The molecule has 0 unspecified atom stereocenters. The zero-order valence-electron chi connectivity index (χ0n) is 28.0. The van der Waals surface area contributed by atoms with Crippen molar-refractivity contribution in [2.75, 3.05) is 0 Å². The first-order valence-electron chi connectivity index (χ1n) is 16.1. The van der Waals surface area contributed by atoms with E-state index >= 15 is 0 Å². The molecule has 1 radical (unpaired) electrons.